The molecule has 2 rings (SSSR count). The number of methoxy groups -OCH3 is 1. The Balaban J connectivity index is 1.97. The van der Waals surface area contributed by atoms with Crippen LogP contribution in [0.1, 0.15) is 15.9 Å². The van der Waals surface area contributed by atoms with Crippen LogP contribution in [0.25, 0.3) is 0 Å². The van der Waals surface area contributed by atoms with Crippen molar-refractivity contribution in [1.82, 2.24) is 5.43 Å². The third kappa shape index (κ3) is 4.79. The van der Waals surface area contributed by atoms with Crippen LogP contribution in [-0.2, 0) is 0 Å². The highest BCUT2D eigenvalue weighted by Crippen LogP contribution is 2.16. The van der Waals surface area contributed by atoms with Crippen LogP contribution in [0.3, 0.4) is 0 Å². The predicted molar refractivity (Wildman–Crippen MR) is 93.3 cm³/mol. The van der Waals surface area contributed by atoms with Crippen LogP contribution in [0, 0.1) is 0 Å². The number of rotatable bonds is 5. The van der Waals surface area contributed by atoms with E-state index in [1.807, 2.05) is 18.2 Å². The summed E-state index contributed by atoms with van der Waals surface area (Å²) in [6, 6.07) is 13.8. The zero-order chi connectivity index (χ0) is 16.7. The number of benzene rings is 2. The average Bonchev–Trinajstić information content (AvgIpc) is 2.55. The van der Waals surface area contributed by atoms with Crippen molar-refractivity contribution >= 4 is 35.2 Å². The molecular formula is C16H15N3O3S. The SMILES string of the molecule is COc1cccc(NC(=S)N/N=C/c2ccccc2C(=O)O)c1. The number of ether oxygens (including phenoxy) is 1. The molecule has 0 saturated heterocycles. The summed E-state index contributed by atoms with van der Waals surface area (Å²) in [5.74, 6) is -0.305. The van der Waals surface area contributed by atoms with Crippen molar-refractivity contribution < 1.29 is 14.6 Å². The van der Waals surface area contributed by atoms with Crippen LogP contribution < -0.4 is 15.5 Å². The maximum absolute atomic E-state index is 11.1. The quantitative estimate of drug-likeness (QED) is 0.444. The number of carbonyl (C=O) groups is 1. The Labute approximate surface area is 138 Å². The number of carboxylic acid groups (broad SMARTS) is 1. The van der Waals surface area contributed by atoms with Crippen LogP contribution in [-0.4, -0.2) is 29.5 Å². The highest BCUT2D eigenvalue weighted by Gasteiger charge is 2.06. The van der Waals surface area contributed by atoms with Crippen molar-refractivity contribution in [1.29, 1.82) is 0 Å². The second-order valence-electron chi connectivity index (χ2n) is 4.45. The smallest absolute Gasteiger partial charge is 0.336 e. The van der Waals surface area contributed by atoms with Gasteiger partial charge >= 0.3 is 5.97 Å². The van der Waals surface area contributed by atoms with E-state index in [1.165, 1.54) is 12.3 Å². The molecule has 0 radical (unpaired) electrons. The van der Waals surface area contributed by atoms with Gasteiger partial charge in [-0.2, -0.15) is 5.10 Å². The Bertz CT molecular complexity index is 747. The number of thiocarbonyl (C=S) groups is 1. The molecule has 0 amide bonds. The molecule has 0 fully saturated rings. The summed E-state index contributed by atoms with van der Waals surface area (Å²) in [6.45, 7) is 0. The normalized spacial score (nSPS) is 10.3. The fraction of sp³-hybridized carbons (Fsp3) is 0.0625. The van der Waals surface area contributed by atoms with Gasteiger partial charge in [-0.1, -0.05) is 24.3 Å². The van der Waals surface area contributed by atoms with Crippen LogP contribution in [0.2, 0.25) is 0 Å². The first kappa shape index (κ1) is 16.4. The standard InChI is InChI=1S/C16H15N3O3S/c1-22-13-7-4-6-12(9-13)18-16(23)19-17-10-11-5-2-3-8-14(11)15(20)21/h2-10H,1H3,(H,20,21)(H2,18,19,23)/b17-10+. The lowest BCUT2D eigenvalue weighted by Crippen LogP contribution is -2.23. The zero-order valence-electron chi connectivity index (χ0n) is 12.3. The van der Waals surface area contributed by atoms with Gasteiger partial charge in [0.1, 0.15) is 5.75 Å². The fourth-order valence-corrected chi connectivity index (χ4v) is 2.00. The molecule has 2 aromatic carbocycles. The van der Waals surface area contributed by atoms with Gasteiger partial charge in [0, 0.05) is 17.3 Å². The molecule has 0 aliphatic heterocycles. The van der Waals surface area contributed by atoms with Crippen molar-refractivity contribution in [2.24, 2.45) is 5.10 Å². The molecule has 118 valence electrons. The van der Waals surface area contributed by atoms with E-state index in [0.717, 1.165) is 5.69 Å². The van der Waals surface area contributed by atoms with Gasteiger partial charge in [-0.05, 0) is 30.4 Å². The Kier molecular flexibility index (Phi) is 5.65. The zero-order valence-corrected chi connectivity index (χ0v) is 13.1. The van der Waals surface area contributed by atoms with Gasteiger partial charge in [-0.3, -0.25) is 5.43 Å². The summed E-state index contributed by atoms with van der Waals surface area (Å²) in [4.78, 5) is 11.1. The van der Waals surface area contributed by atoms with E-state index >= 15 is 0 Å². The van der Waals surface area contributed by atoms with Gasteiger partial charge in [-0.25, -0.2) is 4.79 Å². The number of hydrazone groups is 1. The van der Waals surface area contributed by atoms with E-state index in [0.29, 0.717) is 11.3 Å². The first-order valence-electron chi connectivity index (χ1n) is 6.66. The molecule has 23 heavy (non-hydrogen) atoms. The van der Waals surface area contributed by atoms with Crippen molar-refractivity contribution in [3.05, 3.63) is 59.7 Å². The van der Waals surface area contributed by atoms with E-state index in [9.17, 15) is 4.79 Å². The molecule has 2 aromatic rings. The number of hydrogen-bond donors (Lipinski definition) is 3. The highest BCUT2D eigenvalue weighted by atomic mass is 32.1. The van der Waals surface area contributed by atoms with Crippen molar-refractivity contribution in [3.8, 4) is 5.75 Å². The molecule has 0 heterocycles. The third-order valence-corrected chi connectivity index (χ3v) is 3.08. The number of anilines is 1. The lowest BCUT2D eigenvalue weighted by molar-refractivity contribution is 0.0697. The maximum atomic E-state index is 11.1. The van der Waals surface area contributed by atoms with E-state index < -0.39 is 5.97 Å². The fourth-order valence-electron chi connectivity index (χ4n) is 1.82. The van der Waals surface area contributed by atoms with Crippen LogP contribution >= 0.6 is 12.2 Å². The van der Waals surface area contributed by atoms with Gasteiger partial charge in [0.25, 0.3) is 0 Å². The average molecular weight is 329 g/mol. The molecule has 3 N–H and O–H groups in total. The van der Waals surface area contributed by atoms with E-state index in [2.05, 4.69) is 15.8 Å². The minimum Gasteiger partial charge on any atom is -0.497 e. The number of carboxylic acids is 1. The molecule has 0 bridgehead atoms. The topological polar surface area (TPSA) is 83.0 Å². The molecule has 0 aliphatic rings. The minimum atomic E-state index is -1.01. The lowest BCUT2D eigenvalue weighted by Gasteiger charge is -2.08. The Morgan fingerprint density at radius 3 is 2.78 bits per heavy atom. The van der Waals surface area contributed by atoms with Gasteiger partial charge < -0.3 is 15.2 Å². The van der Waals surface area contributed by atoms with Gasteiger partial charge in [0.2, 0.25) is 0 Å². The van der Waals surface area contributed by atoms with Crippen LogP contribution in [0.15, 0.2) is 53.6 Å². The molecule has 7 heteroatoms. The lowest BCUT2D eigenvalue weighted by atomic mass is 10.1. The van der Waals surface area contributed by atoms with E-state index in [4.69, 9.17) is 22.1 Å². The van der Waals surface area contributed by atoms with E-state index in [1.54, 1.807) is 31.4 Å². The Morgan fingerprint density at radius 2 is 2.04 bits per heavy atom. The maximum Gasteiger partial charge on any atom is 0.336 e. The molecule has 0 unspecified atom stereocenters. The highest BCUT2D eigenvalue weighted by molar-refractivity contribution is 7.80. The molecule has 0 saturated carbocycles. The van der Waals surface area contributed by atoms with Gasteiger partial charge in [-0.15, -0.1) is 0 Å². The minimum absolute atomic E-state index is 0.171. The van der Waals surface area contributed by atoms with Crippen molar-refractivity contribution in [2.75, 3.05) is 12.4 Å². The van der Waals surface area contributed by atoms with Gasteiger partial charge in [0.05, 0.1) is 18.9 Å². The molecule has 0 atom stereocenters. The van der Waals surface area contributed by atoms with Crippen LogP contribution in [0.5, 0.6) is 5.75 Å². The second-order valence-corrected chi connectivity index (χ2v) is 4.86. The molecular weight excluding hydrogens is 314 g/mol. The van der Waals surface area contributed by atoms with E-state index in [-0.39, 0.29) is 10.7 Å². The Morgan fingerprint density at radius 1 is 1.26 bits per heavy atom. The van der Waals surface area contributed by atoms with Crippen LogP contribution in [0.4, 0.5) is 5.69 Å². The molecule has 0 aliphatic carbocycles. The number of nitrogens with one attached hydrogen (secondary N) is 2. The number of hydrogen-bond acceptors (Lipinski definition) is 4. The summed E-state index contributed by atoms with van der Waals surface area (Å²) < 4.78 is 5.12. The summed E-state index contributed by atoms with van der Waals surface area (Å²) >= 11 is 5.12. The first-order chi connectivity index (χ1) is 11.1. The van der Waals surface area contributed by atoms with Gasteiger partial charge in [0.15, 0.2) is 5.11 Å². The summed E-state index contributed by atoms with van der Waals surface area (Å²) in [6.07, 6.45) is 1.41. The van der Waals surface area contributed by atoms with Crippen molar-refractivity contribution in [2.45, 2.75) is 0 Å². The predicted octanol–water partition coefficient (Wildman–Crippen LogP) is 2.71. The summed E-state index contributed by atoms with van der Waals surface area (Å²) in [5.41, 5.74) is 4.05. The second kappa shape index (κ2) is 7.90. The molecule has 0 aromatic heterocycles. The largest absolute Gasteiger partial charge is 0.497 e. The Hall–Kier alpha value is -2.93. The number of aromatic carboxylic acids is 1. The summed E-state index contributed by atoms with van der Waals surface area (Å²) in [7, 11) is 1.58. The third-order valence-electron chi connectivity index (χ3n) is 2.89. The monoisotopic (exact) mass is 329 g/mol. The van der Waals surface area contributed by atoms with Crippen molar-refractivity contribution in [3.63, 3.8) is 0 Å². The molecule has 6 nitrogen and oxygen atoms in total. The molecule has 0 spiro atoms. The number of nitrogens with zero attached hydrogens (tertiary/aromatic N) is 1. The summed E-state index contributed by atoms with van der Waals surface area (Å²) in [5, 5.41) is 16.3. The first-order valence-corrected chi connectivity index (χ1v) is 7.07.